The van der Waals surface area contributed by atoms with E-state index in [1.54, 1.807) is 7.05 Å². The van der Waals surface area contributed by atoms with Crippen molar-refractivity contribution in [3.63, 3.8) is 0 Å². The lowest BCUT2D eigenvalue weighted by molar-refractivity contribution is -0.121. The molecular formula is C11H15BrN2O. The quantitative estimate of drug-likeness (QED) is 0.885. The van der Waals surface area contributed by atoms with Gasteiger partial charge in [-0.15, -0.1) is 0 Å². The number of hydrogen-bond donors (Lipinski definition) is 2. The van der Waals surface area contributed by atoms with E-state index in [2.05, 4.69) is 26.6 Å². The van der Waals surface area contributed by atoms with Crippen LogP contribution in [0.25, 0.3) is 0 Å². The van der Waals surface area contributed by atoms with Gasteiger partial charge in [0.15, 0.2) is 0 Å². The maximum atomic E-state index is 11.3. The molecule has 0 saturated heterocycles. The highest BCUT2D eigenvalue weighted by atomic mass is 79.9. The molecule has 15 heavy (non-hydrogen) atoms. The molecule has 1 aromatic carbocycles. The van der Waals surface area contributed by atoms with E-state index in [-0.39, 0.29) is 11.9 Å². The molecule has 0 bridgehead atoms. The zero-order chi connectivity index (χ0) is 11.4. The number of halogens is 1. The Morgan fingerprint density at radius 2 is 2.13 bits per heavy atom. The van der Waals surface area contributed by atoms with E-state index in [1.807, 2.05) is 32.0 Å². The minimum Gasteiger partial charge on any atom is -0.374 e. The summed E-state index contributed by atoms with van der Waals surface area (Å²) in [5.41, 5.74) is 2.08. The van der Waals surface area contributed by atoms with Crippen molar-refractivity contribution in [3.05, 3.63) is 28.2 Å². The number of likely N-dealkylation sites (N-methyl/N-ethyl adjacent to an activating group) is 1. The number of hydrogen-bond acceptors (Lipinski definition) is 2. The largest absolute Gasteiger partial charge is 0.374 e. The Morgan fingerprint density at radius 3 is 2.73 bits per heavy atom. The van der Waals surface area contributed by atoms with Crippen LogP contribution in [0.4, 0.5) is 5.69 Å². The summed E-state index contributed by atoms with van der Waals surface area (Å²) < 4.78 is 1.04. The SMILES string of the molecule is CNC(=O)C(C)Nc1cccc(Br)c1C. The number of amides is 1. The summed E-state index contributed by atoms with van der Waals surface area (Å²) in [6.07, 6.45) is 0. The first-order chi connectivity index (χ1) is 7.06. The third kappa shape index (κ3) is 2.96. The average molecular weight is 271 g/mol. The van der Waals surface area contributed by atoms with Crippen LogP contribution in [0.15, 0.2) is 22.7 Å². The van der Waals surface area contributed by atoms with Gasteiger partial charge in [-0.05, 0) is 31.5 Å². The van der Waals surface area contributed by atoms with Gasteiger partial charge in [-0.25, -0.2) is 0 Å². The zero-order valence-electron chi connectivity index (χ0n) is 9.10. The number of carbonyl (C=O) groups is 1. The summed E-state index contributed by atoms with van der Waals surface area (Å²) in [4.78, 5) is 11.3. The van der Waals surface area contributed by atoms with E-state index in [1.165, 1.54) is 0 Å². The van der Waals surface area contributed by atoms with Gasteiger partial charge >= 0.3 is 0 Å². The molecule has 4 heteroatoms. The maximum Gasteiger partial charge on any atom is 0.241 e. The molecule has 0 aliphatic rings. The topological polar surface area (TPSA) is 41.1 Å². The Bertz CT molecular complexity index is 366. The van der Waals surface area contributed by atoms with Gasteiger partial charge in [0.2, 0.25) is 5.91 Å². The van der Waals surface area contributed by atoms with Crippen LogP contribution in [0, 0.1) is 6.92 Å². The average Bonchev–Trinajstić information content (AvgIpc) is 2.23. The van der Waals surface area contributed by atoms with Crippen LogP contribution in [0.2, 0.25) is 0 Å². The first kappa shape index (κ1) is 12.0. The molecule has 0 spiro atoms. The van der Waals surface area contributed by atoms with Crippen molar-refractivity contribution < 1.29 is 4.79 Å². The van der Waals surface area contributed by atoms with Crippen molar-refractivity contribution in [1.82, 2.24) is 5.32 Å². The molecular weight excluding hydrogens is 256 g/mol. The number of anilines is 1. The standard InChI is InChI=1S/C11H15BrN2O/c1-7-9(12)5-4-6-10(7)14-8(2)11(15)13-3/h4-6,8,14H,1-3H3,(H,13,15). The second-order valence-electron chi connectivity index (χ2n) is 3.39. The highest BCUT2D eigenvalue weighted by Crippen LogP contribution is 2.23. The van der Waals surface area contributed by atoms with Crippen LogP contribution < -0.4 is 10.6 Å². The molecule has 1 atom stereocenters. The van der Waals surface area contributed by atoms with Crippen molar-refractivity contribution >= 4 is 27.5 Å². The van der Waals surface area contributed by atoms with Crippen LogP contribution >= 0.6 is 15.9 Å². The van der Waals surface area contributed by atoms with Crippen molar-refractivity contribution in [2.45, 2.75) is 19.9 Å². The number of benzene rings is 1. The molecule has 2 N–H and O–H groups in total. The number of carbonyl (C=O) groups excluding carboxylic acids is 1. The fraction of sp³-hybridized carbons (Fsp3) is 0.364. The summed E-state index contributed by atoms with van der Waals surface area (Å²) in [5, 5.41) is 5.77. The Balaban J connectivity index is 2.81. The van der Waals surface area contributed by atoms with Gasteiger partial charge < -0.3 is 10.6 Å². The Morgan fingerprint density at radius 1 is 1.47 bits per heavy atom. The van der Waals surface area contributed by atoms with E-state index in [0.29, 0.717) is 0 Å². The number of nitrogens with one attached hydrogen (secondary N) is 2. The second kappa shape index (κ2) is 5.16. The van der Waals surface area contributed by atoms with E-state index >= 15 is 0 Å². The van der Waals surface area contributed by atoms with E-state index in [9.17, 15) is 4.79 Å². The van der Waals surface area contributed by atoms with Crippen LogP contribution in [0.3, 0.4) is 0 Å². The van der Waals surface area contributed by atoms with Crippen LogP contribution in [-0.4, -0.2) is 19.0 Å². The lowest BCUT2D eigenvalue weighted by atomic mass is 10.2. The minimum absolute atomic E-state index is 0.0191. The molecule has 1 unspecified atom stereocenters. The summed E-state index contributed by atoms with van der Waals surface area (Å²) >= 11 is 3.45. The monoisotopic (exact) mass is 270 g/mol. The van der Waals surface area contributed by atoms with Gasteiger partial charge in [0, 0.05) is 17.2 Å². The van der Waals surface area contributed by atoms with Gasteiger partial charge in [-0.1, -0.05) is 22.0 Å². The predicted octanol–water partition coefficient (Wildman–Crippen LogP) is 2.30. The van der Waals surface area contributed by atoms with Crippen LogP contribution in [0.1, 0.15) is 12.5 Å². The predicted molar refractivity (Wildman–Crippen MR) is 66.0 cm³/mol. The van der Waals surface area contributed by atoms with Gasteiger partial charge in [0.1, 0.15) is 6.04 Å². The fourth-order valence-corrected chi connectivity index (χ4v) is 1.65. The Hall–Kier alpha value is -1.03. The first-order valence-corrected chi connectivity index (χ1v) is 5.58. The zero-order valence-corrected chi connectivity index (χ0v) is 10.7. The first-order valence-electron chi connectivity index (χ1n) is 4.79. The molecule has 0 saturated carbocycles. The molecule has 0 aromatic heterocycles. The van der Waals surface area contributed by atoms with Crippen molar-refractivity contribution in [2.24, 2.45) is 0 Å². The molecule has 1 aromatic rings. The summed E-state index contributed by atoms with van der Waals surface area (Å²) in [5.74, 6) is -0.0191. The molecule has 0 fully saturated rings. The highest BCUT2D eigenvalue weighted by molar-refractivity contribution is 9.10. The molecule has 1 amide bonds. The highest BCUT2D eigenvalue weighted by Gasteiger charge is 2.11. The van der Waals surface area contributed by atoms with Crippen LogP contribution in [-0.2, 0) is 4.79 Å². The fourth-order valence-electron chi connectivity index (χ4n) is 1.28. The van der Waals surface area contributed by atoms with Crippen LogP contribution in [0.5, 0.6) is 0 Å². The Labute approximate surface area is 98.4 Å². The minimum atomic E-state index is -0.233. The van der Waals surface area contributed by atoms with Gasteiger partial charge in [-0.3, -0.25) is 4.79 Å². The molecule has 82 valence electrons. The van der Waals surface area contributed by atoms with Crippen molar-refractivity contribution in [1.29, 1.82) is 0 Å². The second-order valence-corrected chi connectivity index (χ2v) is 4.25. The molecule has 0 heterocycles. The third-order valence-electron chi connectivity index (χ3n) is 2.28. The van der Waals surface area contributed by atoms with Gasteiger partial charge in [0.05, 0.1) is 0 Å². The molecule has 0 radical (unpaired) electrons. The van der Waals surface area contributed by atoms with Gasteiger partial charge in [-0.2, -0.15) is 0 Å². The van der Waals surface area contributed by atoms with Gasteiger partial charge in [0.25, 0.3) is 0 Å². The lowest BCUT2D eigenvalue weighted by Gasteiger charge is -2.16. The molecule has 1 rings (SSSR count). The summed E-state index contributed by atoms with van der Waals surface area (Å²) in [6, 6.07) is 5.64. The maximum absolute atomic E-state index is 11.3. The third-order valence-corrected chi connectivity index (χ3v) is 3.14. The lowest BCUT2D eigenvalue weighted by Crippen LogP contribution is -2.35. The molecule has 3 nitrogen and oxygen atoms in total. The molecule has 0 aliphatic heterocycles. The van der Waals surface area contributed by atoms with Crippen molar-refractivity contribution in [3.8, 4) is 0 Å². The summed E-state index contributed by atoms with van der Waals surface area (Å²) in [6.45, 7) is 3.84. The molecule has 0 aliphatic carbocycles. The Kier molecular flexibility index (Phi) is 4.15. The number of rotatable bonds is 3. The summed E-state index contributed by atoms with van der Waals surface area (Å²) in [7, 11) is 1.63. The van der Waals surface area contributed by atoms with Crippen molar-refractivity contribution in [2.75, 3.05) is 12.4 Å². The van der Waals surface area contributed by atoms with E-state index < -0.39 is 0 Å². The van der Waals surface area contributed by atoms with E-state index in [4.69, 9.17) is 0 Å². The normalized spacial score (nSPS) is 12.0. The van der Waals surface area contributed by atoms with E-state index in [0.717, 1.165) is 15.7 Å². The smallest absolute Gasteiger partial charge is 0.241 e.